The number of para-hydroxylation sites is 1. The van der Waals surface area contributed by atoms with Gasteiger partial charge in [0.05, 0.1) is 5.02 Å². The summed E-state index contributed by atoms with van der Waals surface area (Å²) in [7, 11) is 0. The molecule has 3 nitrogen and oxygen atoms in total. The minimum absolute atomic E-state index is 0.0895. The molecule has 106 valence electrons. The molecule has 0 saturated carbocycles. The summed E-state index contributed by atoms with van der Waals surface area (Å²) in [6, 6.07) is 4.40. The highest BCUT2D eigenvalue weighted by molar-refractivity contribution is 6.32. The van der Waals surface area contributed by atoms with Gasteiger partial charge in [0.25, 0.3) is 0 Å². The number of piperazine rings is 1. The van der Waals surface area contributed by atoms with Crippen molar-refractivity contribution in [3.8, 4) is 5.75 Å². The first-order valence-corrected chi connectivity index (χ1v) is 6.67. The van der Waals surface area contributed by atoms with E-state index < -0.39 is 12.5 Å². The molecule has 0 bridgehead atoms. The van der Waals surface area contributed by atoms with Crippen LogP contribution in [0.2, 0.25) is 5.02 Å². The standard InChI is InChI=1S/C13H17ClF2N2O/c14-10-3-1-2-9(13(10)19)11(8-12(15)16)18-6-4-17-5-7-18/h1-3,11-12,17,19H,4-8H2/t11-/m1/s1. The average Bonchev–Trinajstić information content (AvgIpc) is 2.40. The van der Waals surface area contributed by atoms with Gasteiger partial charge in [-0.25, -0.2) is 8.78 Å². The Morgan fingerprint density at radius 3 is 2.63 bits per heavy atom. The largest absolute Gasteiger partial charge is 0.506 e. The SMILES string of the molecule is Oc1c(Cl)cccc1[C@@H](CC(F)F)N1CCNCC1. The number of alkyl halides is 2. The van der Waals surface area contributed by atoms with Crippen LogP contribution in [0.4, 0.5) is 8.78 Å². The van der Waals surface area contributed by atoms with E-state index in [0.29, 0.717) is 18.7 Å². The highest BCUT2D eigenvalue weighted by Crippen LogP contribution is 2.37. The van der Waals surface area contributed by atoms with Crippen molar-refractivity contribution in [3.63, 3.8) is 0 Å². The van der Waals surface area contributed by atoms with E-state index in [1.165, 1.54) is 0 Å². The number of rotatable bonds is 4. The zero-order valence-corrected chi connectivity index (χ0v) is 11.2. The van der Waals surface area contributed by atoms with Crippen LogP contribution in [0.5, 0.6) is 5.75 Å². The Balaban J connectivity index is 2.27. The minimum atomic E-state index is -2.42. The summed E-state index contributed by atoms with van der Waals surface area (Å²) in [5.74, 6) is -0.0895. The van der Waals surface area contributed by atoms with Crippen LogP contribution in [0.15, 0.2) is 18.2 Å². The van der Waals surface area contributed by atoms with E-state index in [1.54, 1.807) is 18.2 Å². The summed E-state index contributed by atoms with van der Waals surface area (Å²) < 4.78 is 25.6. The fourth-order valence-corrected chi connectivity index (χ4v) is 2.62. The summed E-state index contributed by atoms with van der Waals surface area (Å²) in [5, 5.41) is 13.4. The van der Waals surface area contributed by atoms with Crippen LogP contribution < -0.4 is 5.32 Å². The molecule has 2 N–H and O–H groups in total. The first kappa shape index (κ1) is 14.5. The Kier molecular flexibility index (Phi) is 4.96. The van der Waals surface area contributed by atoms with Crippen molar-refractivity contribution in [2.45, 2.75) is 18.9 Å². The lowest BCUT2D eigenvalue weighted by molar-refractivity contribution is 0.0730. The summed E-state index contributed by atoms with van der Waals surface area (Å²) in [6.45, 7) is 2.90. The van der Waals surface area contributed by atoms with Gasteiger partial charge in [0.2, 0.25) is 6.43 Å². The first-order valence-electron chi connectivity index (χ1n) is 6.30. The number of benzene rings is 1. The third kappa shape index (κ3) is 3.55. The number of phenols is 1. The van der Waals surface area contributed by atoms with Gasteiger partial charge in [0.1, 0.15) is 5.75 Å². The van der Waals surface area contributed by atoms with Crippen molar-refractivity contribution in [1.82, 2.24) is 10.2 Å². The maximum absolute atomic E-state index is 12.8. The van der Waals surface area contributed by atoms with Crippen LogP contribution >= 0.6 is 11.6 Å². The van der Waals surface area contributed by atoms with Crippen molar-refractivity contribution >= 4 is 11.6 Å². The van der Waals surface area contributed by atoms with Gasteiger partial charge in [-0.15, -0.1) is 0 Å². The molecule has 0 unspecified atom stereocenters. The Morgan fingerprint density at radius 1 is 1.32 bits per heavy atom. The Morgan fingerprint density at radius 2 is 2.00 bits per heavy atom. The van der Waals surface area contributed by atoms with E-state index in [0.717, 1.165) is 13.1 Å². The predicted molar refractivity (Wildman–Crippen MR) is 70.9 cm³/mol. The zero-order chi connectivity index (χ0) is 13.8. The third-order valence-corrected chi connectivity index (χ3v) is 3.68. The van der Waals surface area contributed by atoms with Gasteiger partial charge in [-0.1, -0.05) is 23.7 Å². The molecule has 1 atom stereocenters. The summed E-state index contributed by atoms with van der Waals surface area (Å²) in [5.41, 5.74) is 0.481. The summed E-state index contributed by atoms with van der Waals surface area (Å²) >= 11 is 5.87. The van der Waals surface area contributed by atoms with E-state index in [2.05, 4.69) is 5.32 Å². The highest BCUT2D eigenvalue weighted by atomic mass is 35.5. The lowest BCUT2D eigenvalue weighted by Crippen LogP contribution is -2.45. The molecule has 0 spiro atoms. The molecule has 1 aromatic rings. The van der Waals surface area contributed by atoms with Gasteiger partial charge in [0.15, 0.2) is 0 Å². The number of halogens is 3. The molecule has 1 aliphatic heterocycles. The fraction of sp³-hybridized carbons (Fsp3) is 0.538. The molecule has 6 heteroatoms. The lowest BCUT2D eigenvalue weighted by atomic mass is 10.00. The van der Waals surface area contributed by atoms with Crippen LogP contribution in [-0.2, 0) is 0 Å². The Labute approximate surface area is 116 Å². The molecular formula is C13H17ClF2N2O. The number of nitrogens with zero attached hydrogens (tertiary/aromatic N) is 1. The molecule has 1 aliphatic rings. The van der Waals surface area contributed by atoms with Crippen LogP contribution in [0.3, 0.4) is 0 Å². The number of hydrogen-bond donors (Lipinski definition) is 2. The third-order valence-electron chi connectivity index (χ3n) is 3.37. The molecule has 0 radical (unpaired) electrons. The maximum Gasteiger partial charge on any atom is 0.240 e. The van der Waals surface area contributed by atoms with Gasteiger partial charge in [-0.2, -0.15) is 0 Å². The number of phenolic OH excluding ortho intramolecular Hbond substituents is 1. The molecule has 0 aromatic heterocycles. The molecule has 1 saturated heterocycles. The van der Waals surface area contributed by atoms with Gasteiger partial charge >= 0.3 is 0 Å². The van der Waals surface area contributed by atoms with Gasteiger partial charge in [-0.3, -0.25) is 4.90 Å². The van der Waals surface area contributed by atoms with E-state index in [4.69, 9.17) is 11.6 Å². The highest BCUT2D eigenvalue weighted by Gasteiger charge is 2.27. The smallest absolute Gasteiger partial charge is 0.240 e. The monoisotopic (exact) mass is 290 g/mol. The van der Waals surface area contributed by atoms with Crippen molar-refractivity contribution in [1.29, 1.82) is 0 Å². The normalized spacial score (nSPS) is 18.7. The molecule has 2 rings (SSSR count). The second-order valence-corrected chi connectivity index (χ2v) is 5.01. The maximum atomic E-state index is 12.8. The molecule has 1 fully saturated rings. The topological polar surface area (TPSA) is 35.5 Å². The van der Waals surface area contributed by atoms with E-state index in [-0.39, 0.29) is 17.2 Å². The zero-order valence-electron chi connectivity index (χ0n) is 10.5. The molecule has 19 heavy (non-hydrogen) atoms. The van der Waals surface area contributed by atoms with Gasteiger partial charge < -0.3 is 10.4 Å². The second kappa shape index (κ2) is 6.50. The van der Waals surface area contributed by atoms with Crippen LogP contribution in [0.1, 0.15) is 18.0 Å². The minimum Gasteiger partial charge on any atom is -0.506 e. The van der Waals surface area contributed by atoms with Crippen molar-refractivity contribution in [2.75, 3.05) is 26.2 Å². The van der Waals surface area contributed by atoms with E-state index >= 15 is 0 Å². The molecule has 1 heterocycles. The molecule has 0 aliphatic carbocycles. The van der Waals surface area contributed by atoms with Crippen molar-refractivity contribution in [2.24, 2.45) is 0 Å². The first-order chi connectivity index (χ1) is 9.09. The summed E-state index contributed by atoms with van der Waals surface area (Å²) in [4.78, 5) is 1.97. The number of nitrogens with one attached hydrogen (secondary N) is 1. The number of aromatic hydroxyl groups is 1. The molecule has 1 aromatic carbocycles. The predicted octanol–water partition coefficient (Wildman–Crippen LogP) is 2.65. The Hall–Kier alpha value is -0.910. The van der Waals surface area contributed by atoms with E-state index in [9.17, 15) is 13.9 Å². The Bertz CT molecular complexity index is 425. The van der Waals surface area contributed by atoms with E-state index in [1.807, 2.05) is 4.90 Å². The van der Waals surface area contributed by atoms with Crippen LogP contribution in [0.25, 0.3) is 0 Å². The van der Waals surface area contributed by atoms with Crippen molar-refractivity contribution in [3.05, 3.63) is 28.8 Å². The van der Waals surface area contributed by atoms with Crippen LogP contribution in [0, 0.1) is 0 Å². The van der Waals surface area contributed by atoms with Gasteiger partial charge in [0, 0.05) is 44.2 Å². The lowest BCUT2D eigenvalue weighted by Gasteiger charge is -2.35. The second-order valence-electron chi connectivity index (χ2n) is 4.61. The van der Waals surface area contributed by atoms with Crippen LogP contribution in [-0.4, -0.2) is 42.6 Å². The quantitative estimate of drug-likeness (QED) is 0.895. The fourth-order valence-electron chi connectivity index (χ4n) is 2.44. The molecule has 0 amide bonds. The summed E-state index contributed by atoms with van der Waals surface area (Å²) in [6.07, 6.45) is -2.72. The number of hydrogen-bond acceptors (Lipinski definition) is 3. The van der Waals surface area contributed by atoms with Crippen molar-refractivity contribution < 1.29 is 13.9 Å². The van der Waals surface area contributed by atoms with Gasteiger partial charge in [-0.05, 0) is 6.07 Å². The molecular weight excluding hydrogens is 274 g/mol. The average molecular weight is 291 g/mol.